The second kappa shape index (κ2) is 17.0. The molecular weight excluding hydrogens is 650 g/mol. The summed E-state index contributed by atoms with van der Waals surface area (Å²) in [6.45, 7) is 5.53. The van der Waals surface area contributed by atoms with Crippen molar-refractivity contribution in [3.05, 3.63) is 66.1 Å². The van der Waals surface area contributed by atoms with Crippen LogP contribution in [-0.2, 0) is 30.3 Å². The minimum absolute atomic E-state index is 0.0493. The van der Waals surface area contributed by atoms with Gasteiger partial charge in [-0.05, 0) is 36.6 Å². The Kier molecular flexibility index (Phi) is 12.0. The highest BCUT2D eigenvalue weighted by Crippen LogP contribution is 2.32. The van der Waals surface area contributed by atoms with Gasteiger partial charge in [-0.25, -0.2) is 13.8 Å². The third kappa shape index (κ3) is 9.22. The molecule has 266 valence electrons. The van der Waals surface area contributed by atoms with Crippen LogP contribution in [0.3, 0.4) is 0 Å². The van der Waals surface area contributed by atoms with Crippen molar-refractivity contribution >= 4 is 22.8 Å². The average molecular weight is 693 g/mol. The Morgan fingerprint density at radius 3 is 2.48 bits per heavy atom. The summed E-state index contributed by atoms with van der Waals surface area (Å²) in [5.74, 6) is -1.78. The highest BCUT2D eigenvalue weighted by Gasteiger charge is 2.23. The number of likely N-dealkylation sites (tertiary alicyclic amines) is 1. The van der Waals surface area contributed by atoms with E-state index >= 15 is 8.78 Å². The highest BCUT2D eigenvalue weighted by atomic mass is 19.1. The van der Waals surface area contributed by atoms with Crippen molar-refractivity contribution in [2.24, 2.45) is 5.73 Å². The van der Waals surface area contributed by atoms with E-state index in [1.54, 1.807) is 24.5 Å². The fraction of sp³-hybridized carbons (Fsp3) is 0.457. The molecule has 50 heavy (non-hydrogen) atoms. The summed E-state index contributed by atoms with van der Waals surface area (Å²) in [7, 11) is 0. The first kappa shape index (κ1) is 35.4. The monoisotopic (exact) mass is 692 g/mol. The van der Waals surface area contributed by atoms with Gasteiger partial charge in [0.15, 0.2) is 0 Å². The molecule has 0 bridgehead atoms. The number of amides is 2. The zero-order valence-electron chi connectivity index (χ0n) is 27.9. The van der Waals surface area contributed by atoms with Crippen molar-refractivity contribution in [3.8, 4) is 22.4 Å². The van der Waals surface area contributed by atoms with Crippen molar-refractivity contribution in [2.45, 2.75) is 25.4 Å². The van der Waals surface area contributed by atoms with Crippen LogP contribution in [0.15, 0.2) is 48.9 Å². The molecule has 4 aromatic rings. The van der Waals surface area contributed by atoms with E-state index in [0.29, 0.717) is 80.5 Å². The van der Waals surface area contributed by atoms with Crippen molar-refractivity contribution in [2.75, 3.05) is 78.9 Å². The van der Waals surface area contributed by atoms with Crippen LogP contribution in [0, 0.1) is 11.6 Å². The van der Waals surface area contributed by atoms with Crippen LogP contribution in [0.4, 0.5) is 8.78 Å². The van der Waals surface area contributed by atoms with Crippen molar-refractivity contribution in [3.63, 3.8) is 0 Å². The number of rotatable bonds is 15. The molecule has 0 aliphatic carbocycles. The number of piperidine rings is 1. The summed E-state index contributed by atoms with van der Waals surface area (Å²) in [4.78, 5) is 36.6. The van der Waals surface area contributed by atoms with Gasteiger partial charge < -0.3 is 25.3 Å². The van der Waals surface area contributed by atoms with E-state index in [1.807, 2.05) is 21.8 Å². The van der Waals surface area contributed by atoms with E-state index in [9.17, 15) is 9.59 Å². The molecule has 0 atom stereocenters. The number of nitrogens with two attached hydrogens (primary N) is 1. The largest absolute Gasteiger partial charge is 0.379 e. The predicted molar refractivity (Wildman–Crippen MR) is 181 cm³/mol. The van der Waals surface area contributed by atoms with Gasteiger partial charge in [0.1, 0.15) is 18.2 Å². The lowest BCUT2D eigenvalue weighted by molar-refractivity contribution is -0.124. The molecule has 2 aromatic carbocycles. The lowest BCUT2D eigenvalue weighted by atomic mass is 10.0. The molecule has 0 radical (unpaired) electrons. The van der Waals surface area contributed by atoms with Crippen LogP contribution in [0.2, 0.25) is 0 Å². The maximum absolute atomic E-state index is 15.3. The summed E-state index contributed by atoms with van der Waals surface area (Å²) in [6, 6.07) is 8.35. The van der Waals surface area contributed by atoms with Gasteiger partial charge in [0.05, 0.1) is 74.7 Å². The number of primary amides is 1. The van der Waals surface area contributed by atoms with Crippen molar-refractivity contribution in [1.29, 1.82) is 0 Å². The van der Waals surface area contributed by atoms with Gasteiger partial charge >= 0.3 is 0 Å². The molecule has 2 amide bonds. The number of fused-ring (bicyclic) bond motifs is 1. The normalized spacial score (nSPS) is 16.2. The highest BCUT2D eigenvalue weighted by molar-refractivity contribution is 5.92. The van der Waals surface area contributed by atoms with Gasteiger partial charge in [0.25, 0.3) is 0 Å². The fourth-order valence-corrected chi connectivity index (χ4v) is 6.22. The van der Waals surface area contributed by atoms with E-state index in [-0.39, 0.29) is 37.3 Å². The summed E-state index contributed by atoms with van der Waals surface area (Å²) < 4.78 is 48.3. The molecule has 0 spiro atoms. The lowest BCUT2D eigenvalue weighted by Crippen LogP contribution is -2.42. The summed E-state index contributed by atoms with van der Waals surface area (Å²) >= 11 is 0. The van der Waals surface area contributed by atoms with Crippen LogP contribution < -0.4 is 11.1 Å². The maximum atomic E-state index is 15.3. The molecular formula is C35H42F2N8O5. The zero-order chi connectivity index (χ0) is 34.9. The van der Waals surface area contributed by atoms with E-state index in [4.69, 9.17) is 24.9 Å². The zero-order valence-corrected chi connectivity index (χ0v) is 27.9. The maximum Gasteiger partial charge on any atom is 0.243 e. The van der Waals surface area contributed by atoms with Crippen LogP contribution in [0.1, 0.15) is 24.4 Å². The Hall–Kier alpha value is -4.41. The molecule has 2 fully saturated rings. The first-order chi connectivity index (χ1) is 24.3. The molecule has 2 aliphatic rings. The van der Waals surface area contributed by atoms with Gasteiger partial charge in [-0.2, -0.15) is 5.10 Å². The first-order valence-corrected chi connectivity index (χ1v) is 16.9. The van der Waals surface area contributed by atoms with Crippen molar-refractivity contribution < 1.29 is 32.6 Å². The van der Waals surface area contributed by atoms with Crippen LogP contribution in [-0.4, -0.2) is 120 Å². The predicted octanol–water partition coefficient (Wildman–Crippen LogP) is 2.54. The molecule has 0 unspecified atom stereocenters. The second-order valence-corrected chi connectivity index (χ2v) is 12.4. The number of hydrogen-bond acceptors (Lipinski definition) is 10. The van der Waals surface area contributed by atoms with Gasteiger partial charge in [-0.15, -0.1) is 0 Å². The van der Waals surface area contributed by atoms with E-state index in [2.05, 4.69) is 20.3 Å². The van der Waals surface area contributed by atoms with Gasteiger partial charge in [-0.1, -0.05) is 12.1 Å². The van der Waals surface area contributed by atoms with E-state index in [0.717, 1.165) is 31.5 Å². The number of benzene rings is 2. The third-order valence-electron chi connectivity index (χ3n) is 8.89. The number of carbonyl (C=O) groups excluding carboxylic acids is 2. The van der Waals surface area contributed by atoms with Crippen molar-refractivity contribution in [1.82, 2.24) is 34.9 Å². The quantitative estimate of drug-likeness (QED) is 0.178. The molecule has 2 aliphatic heterocycles. The minimum Gasteiger partial charge on any atom is -0.379 e. The lowest BCUT2D eigenvalue weighted by Gasteiger charge is -2.31. The topological polar surface area (TPSA) is 150 Å². The number of nitrogens with one attached hydrogen (secondary N) is 1. The number of halogens is 2. The first-order valence-electron chi connectivity index (χ1n) is 16.9. The number of aromatic nitrogens is 4. The smallest absolute Gasteiger partial charge is 0.243 e. The number of nitrogens with zero attached hydrogens (tertiary/aromatic N) is 6. The summed E-state index contributed by atoms with van der Waals surface area (Å²) in [6.07, 6.45) is 7.04. The Morgan fingerprint density at radius 2 is 1.72 bits per heavy atom. The Morgan fingerprint density at radius 1 is 0.960 bits per heavy atom. The minimum atomic E-state index is -0.590. The molecule has 2 saturated heterocycles. The average Bonchev–Trinajstić information content (AvgIpc) is 3.62. The molecule has 2 aromatic heterocycles. The number of carbonyl (C=O) groups is 2. The Balaban J connectivity index is 1.03. The summed E-state index contributed by atoms with van der Waals surface area (Å²) in [5.41, 5.74) is 8.60. The van der Waals surface area contributed by atoms with E-state index in [1.165, 1.54) is 12.1 Å². The SMILES string of the molecule is NC(=O)COCCOCCNC(=O)CN1CCC(n2cc(-c3cnc4cccc(-c5cc(F)c(CN6CCOCC6)c(F)c5)c4n3)cn2)CC1. The van der Waals surface area contributed by atoms with Gasteiger partial charge in [-0.3, -0.25) is 29.1 Å². The molecule has 0 saturated carbocycles. The Labute approximate surface area is 288 Å². The van der Waals surface area contributed by atoms with Gasteiger partial charge in [0.2, 0.25) is 11.8 Å². The molecule has 15 heteroatoms. The van der Waals surface area contributed by atoms with Crippen LogP contribution >= 0.6 is 0 Å². The number of ether oxygens (including phenoxy) is 3. The molecule has 13 nitrogen and oxygen atoms in total. The van der Waals surface area contributed by atoms with Crippen LogP contribution in [0.25, 0.3) is 33.4 Å². The molecule has 3 N–H and O–H groups in total. The standard InChI is InChI=1S/C35H42F2N8O5/c36-29-16-24(17-30(37)28(29)21-44-9-12-49-13-10-44)27-2-1-3-31-35(27)42-32(19-40-31)25-18-41-45(20-25)26-4-7-43(8-5-26)22-34(47)39-6-11-48-14-15-50-23-33(38)46/h1-3,16-20,26H,4-15,21-23H2,(H2,38,46)(H,39,47). The Bertz CT molecular complexity index is 1750. The van der Waals surface area contributed by atoms with Gasteiger partial charge in [0, 0.05) is 62.2 Å². The third-order valence-corrected chi connectivity index (χ3v) is 8.89. The number of para-hydroxylation sites is 1. The number of morpholine rings is 1. The molecule has 4 heterocycles. The second-order valence-electron chi connectivity index (χ2n) is 12.4. The van der Waals surface area contributed by atoms with E-state index < -0.39 is 17.5 Å². The fourth-order valence-electron chi connectivity index (χ4n) is 6.22. The number of hydrogen-bond donors (Lipinski definition) is 2. The molecule has 6 rings (SSSR count). The van der Waals surface area contributed by atoms with Crippen LogP contribution in [0.5, 0.6) is 0 Å². The summed E-state index contributed by atoms with van der Waals surface area (Å²) in [5, 5.41) is 7.48.